The van der Waals surface area contributed by atoms with Crippen molar-refractivity contribution in [3.63, 3.8) is 0 Å². The summed E-state index contributed by atoms with van der Waals surface area (Å²) in [5.74, 6) is 0.375. The van der Waals surface area contributed by atoms with Crippen molar-refractivity contribution in [2.24, 2.45) is 0 Å². The van der Waals surface area contributed by atoms with Crippen LogP contribution in [0.3, 0.4) is 0 Å². The summed E-state index contributed by atoms with van der Waals surface area (Å²) in [4.78, 5) is 0. The zero-order valence-corrected chi connectivity index (χ0v) is 5.73. The number of hydrogen-bond donors (Lipinski definition) is 3. The molecule has 0 heterocycles. The molecule has 0 radical (unpaired) electrons. The predicted molar refractivity (Wildman–Crippen MR) is 33.5 cm³/mol. The SMILES string of the molecule is CCS(O)(NC)OO. The highest BCUT2D eigenvalue weighted by molar-refractivity contribution is 8.23. The molecule has 0 spiro atoms. The summed E-state index contributed by atoms with van der Waals surface area (Å²) < 4.78 is 15.1. The van der Waals surface area contributed by atoms with Gasteiger partial charge in [0.1, 0.15) is 0 Å². The molecule has 4 nitrogen and oxygen atoms in total. The molecule has 0 aliphatic carbocycles. The summed E-state index contributed by atoms with van der Waals surface area (Å²) >= 11 is 0. The Morgan fingerprint density at radius 2 is 2.25 bits per heavy atom. The molecule has 0 aromatic carbocycles. The molecule has 0 bridgehead atoms. The van der Waals surface area contributed by atoms with Gasteiger partial charge in [-0.1, -0.05) is 0 Å². The molecule has 0 aromatic heterocycles. The first-order valence-electron chi connectivity index (χ1n) is 2.23. The molecule has 0 aromatic rings. The van der Waals surface area contributed by atoms with Gasteiger partial charge in [0.25, 0.3) is 0 Å². The Balaban J connectivity index is 3.58. The summed E-state index contributed by atoms with van der Waals surface area (Å²) in [5.41, 5.74) is 0. The van der Waals surface area contributed by atoms with E-state index in [-0.39, 0.29) is 0 Å². The van der Waals surface area contributed by atoms with Gasteiger partial charge < -0.3 is 0 Å². The molecular formula is C3H11NO3S. The monoisotopic (exact) mass is 141 g/mol. The quantitative estimate of drug-likeness (QED) is 0.402. The highest BCUT2D eigenvalue weighted by Gasteiger charge is 2.08. The molecule has 3 N–H and O–H groups in total. The van der Waals surface area contributed by atoms with Crippen molar-refractivity contribution in [3.8, 4) is 0 Å². The zero-order chi connectivity index (χ0) is 6.62. The third kappa shape index (κ3) is 1.97. The Hall–Kier alpha value is 0.190. The minimum atomic E-state index is -2.35. The summed E-state index contributed by atoms with van der Waals surface area (Å²) in [5, 5.41) is 8.01. The topological polar surface area (TPSA) is 61.7 Å². The maximum Gasteiger partial charge on any atom is 0.0531 e. The van der Waals surface area contributed by atoms with Gasteiger partial charge in [-0.15, -0.1) is 15.1 Å². The second kappa shape index (κ2) is 3.26. The van der Waals surface area contributed by atoms with Crippen molar-refractivity contribution in [1.82, 2.24) is 4.72 Å². The minimum Gasteiger partial charge on any atom is -0.283 e. The van der Waals surface area contributed by atoms with E-state index >= 15 is 0 Å². The summed E-state index contributed by atoms with van der Waals surface area (Å²) in [6, 6.07) is 0. The van der Waals surface area contributed by atoms with Gasteiger partial charge in [0.15, 0.2) is 0 Å². The van der Waals surface area contributed by atoms with Gasteiger partial charge in [-0.2, -0.15) is 0 Å². The van der Waals surface area contributed by atoms with E-state index in [1.165, 1.54) is 7.05 Å². The Bertz CT molecular complexity index is 57.3. The van der Waals surface area contributed by atoms with Crippen LogP contribution in [0, 0.1) is 0 Å². The first-order chi connectivity index (χ1) is 3.68. The summed E-state index contributed by atoms with van der Waals surface area (Å²) in [6.45, 7) is 1.71. The fourth-order valence-electron chi connectivity index (χ4n) is 0.234. The Morgan fingerprint density at radius 1 is 1.75 bits per heavy atom. The number of hydrogen-bond acceptors (Lipinski definition) is 4. The van der Waals surface area contributed by atoms with Crippen LogP contribution < -0.4 is 4.72 Å². The predicted octanol–water partition coefficient (Wildman–Crippen LogP) is 0.823. The average molecular weight is 141 g/mol. The lowest BCUT2D eigenvalue weighted by Crippen LogP contribution is -2.18. The van der Waals surface area contributed by atoms with Crippen LogP contribution in [0.5, 0.6) is 0 Å². The van der Waals surface area contributed by atoms with Gasteiger partial charge in [0.05, 0.1) is 5.75 Å². The molecule has 1 atom stereocenters. The van der Waals surface area contributed by atoms with Crippen LogP contribution in [-0.2, 0) is 4.33 Å². The first kappa shape index (κ1) is 8.19. The van der Waals surface area contributed by atoms with Gasteiger partial charge in [0, 0.05) is 7.05 Å². The maximum atomic E-state index is 8.94. The maximum absolute atomic E-state index is 8.94. The van der Waals surface area contributed by atoms with Crippen LogP contribution in [0.25, 0.3) is 0 Å². The zero-order valence-electron chi connectivity index (χ0n) is 4.92. The molecule has 0 saturated carbocycles. The van der Waals surface area contributed by atoms with Crippen molar-refractivity contribution < 1.29 is 14.1 Å². The van der Waals surface area contributed by atoms with Gasteiger partial charge in [0.2, 0.25) is 0 Å². The second-order valence-corrected chi connectivity index (χ2v) is 3.62. The molecule has 8 heavy (non-hydrogen) atoms. The van der Waals surface area contributed by atoms with Gasteiger partial charge in [-0.05, 0) is 6.92 Å². The molecule has 52 valence electrons. The third-order valence-electron chi connectivity index (χ3n) is 0.834. The fraction of sp³-hybridized carbons (Fsp3) is 1.00. The van der Waals surface area contributed by atoms with Crippen LogP contribution >= 0.6 is 10.8 Å². The fourth-order valence-corrected chi connectivity index (χ4v) is 0.703. The largest absolute Gasteiger partial charge is 0.283 e. The lowest BCUT2D eigenvalue weighted by Gasteiger charge is -2.31. The molecular weight excluding hydrogens is 130 g/mol. The summed E-state index contributed by atoms with van der Waals surface area (Å²) in [7, 11) is -0.824. The Kier molecular flexibility index (Phi) is 3.34. The normalized spacial score (nSPS) is 22.0. The first-order valence-corrected chi connectivity index (χ1v) is 3.92. The van der Waals surface area contributed by atoms with Crippen LogP contribution in [0.2, 0.25) is 0 Å². The summed E-state index contributed by atoms with van der Waals surface area (Å²) in [6.07, 6.45) is 0. The second-order valence-electron chi connectivity index (χ2n) is 1.21. The van der Waals surface area contributed by atoms with E-state index in [0.717, 1.165) is 0 Å². The number of nitrogens with one attached hydrogen (secondary N) is 1. The van der Waals surface area contributed by atoms with Gasteiger partial charge in [-0.25, -0.2) is 9.98 Å². The van der Waals surface area contributed by atoms with Gasteiger partial charge >= 0.3 is 0 Å². The lowest BCUT2D eigenvalue weighted by molar-refractivity contribution is -0.133. The van der Waals surface area contributed by atoms with E-state index in [1.54, 1.807) is 6.92 Å². The van der Waals surface area contributed by atoms with E-state index < -0.39 is 10.8 Å². The van der Waals surface area contributed by atoms with Crippen molar-refractivity contribution in [3.05, 3.63) is 0 Å². The van der Waals surface area contributed by atoms with Crippen LogP contribution in [0.15, 0.2) is 0 Å². The Labute approximate surface area is 50.3 Å². The Morgan fingerprint density at radius 3 is 2.25 bits per heavy atom. The highest BCUT2D eigenvalue weighted by atomic mass is 32.3. The highest BCUT2D eigenvalue weighted by Crippen LogP contribution is 2.36. The third-order valence-corrected chi connectivity index (χ3v) is 2.50. The molecule has 0 aliphatic heterocycles. The van der Waals surface area contributed by atoms with E-state index in [1.807, 2.05) is 0 Å². The van der Waals surface area contributed by atoms with Crippen LogP contribution in [0.4, 0.5) is 0 Å². The van der Waals surface area contributed by atoms with Crippen LogP contribution in [-0.4, -0.2) is 22.6 Å². The molecule has 0 amide bonds. The average Bonchev–Trinajstić information content (AvgIpc) is 1.87. The van der Waals surface area contributed by atoms with E-state index in [9.17, 15) is 0 Å². The lowest BCUT2D eigenvalue weighted by atomic mass is 11.0. The molecule has 5 heteroatoms. The molecule has 0 rings (SSSR count). The van der Waals surface area contributed by atoms with Crippen molar-refractivity contribution in [1.29, 1.82) is 0 Å². The standard InChI is InChI=1S/C3H11NO3S/c1-3-8(6,4-2)7-5/h4-6H,3H2,1-2H3. The van der Waals surface area contributed by atoms with Gasteiger partial charge in [-0.3, -0.25) is 4.55 Å². The molecule has 0 aliphatic rings. The van der Waals surface area contributed by atoms with Crippen molar-refractivity contribution >= 4 is 10.8 Å². The minimum absolute atomic E-state index is 0.375. The van der Waals surface area contributed by atoms with Crippen molar-refractivity contribution in [2.75, 3.05) is 12.8 Å². The van der Waals surface area contributed by atoms with E-state index in [4.69, 9.17) is 9.81 Å². The van der Waals surface area contributed by atoms with Crippen molar-refractivity contribution in [2.45, 2.75) is 6.92 Å². The number of rotatable bonds is 3. The smallest absolute Gasteiger partial charge is 0.0531 e. The molecule has 0 fully saturated rings. The molecule has 0 saturated heterocycles. The van der Waals surface area contributed by atoms with Crippen LogP contribution in [0.1, 0.15) is 6.92 Å². The van der Waals surface area contributed by atoms with E-state index in [0.29, 0.717) is 5.75 Å². The molecule has 1 unspecified atom stereocenters. The van der Waals surface area contributed by atoms with E-state index in [2.05, 4.69) is 9.06 Å².